The van der Waals surface area contributed by atoms with E-state index in [0.29, 0.717) is 29.1 Å². The number of hydrogen-bond donors (Lipinski definition) is 1. The normalized spacial score (nSPS) is 10.7. The Labute approximate surface area is 168 Å². The van der Waals surface area contributed by atoms with Gasteiger partial charge in [0.25, 0.3) is 0 Å². The van der Waals surface area contributed by atoms with E-state index in [1.54, 1.807) is 32.0 Å². The van der Waals surface area contributed by atoms with Crippen LogP contribution in [0, 0.1) is 6.92 Å². The molecule has 0 atom stereocenters. The molecule has 8 heteroatoms. The van der Waals surface area contributed by atoms with Crippen molar-refractivity contribution >= 4 is 11.8 Å². The van der Waals surface area contributed by atoms with Crippen molar-refractivity contribution in [2.75, 3.05) is 32.4 Å². The van der Waals surface area contributed by atoms with Gasteiger partial charge in [-0.25, -0.2) is 4.68 Å². The average Bonchev–Trinajstić information content (AvgIpc) is 3.07. The van der Waals surface area contributed by atoms with Crippen LogP contribution < -0.4 is 20.1 Å². The first-order valence-electron chi connectivity index (χ1n) is 8.87. The van der Waals surface area contributed by atoms with Crippen LogP contribution in [-0.2, 0) is 0 Å². The molecule has 7 nitrogen and oxygen atoms in total. The van der Waals surface area contributed by atoms with E-state index < -0.39 is 0 Å². The van der Waals surface area contributed by atoms with Crippen molar-refractivity contribution in [3.63, 3.8) is 0 Å². The Morgan fingerprint density at radius 2 is 1.89 bits per heavy atom. The molecule has 0 aliphatic heterocycles. The summed E-state index contributed by atoms with van der Waals surface area (Å²) in [6.07, 6.45) is 0.868. The molecule has 0 spiro atoms. The van der Waals surface area contributed by atoms with E-state index in [-0.39, 0.29) is 0 Å². The number of aromatic nitrogens is 3. The van der Waals surface area contributed by atoms with Crippen molar-refractivity contribution in [1.29, 1.82) is 0 Å². The summed E-state index contributed by atoms with van der Waals surface area (Å²) in [6, 6.07) is 13.5. The first-order chi connectivity index (χ1) is 13.6. The molecular formula is C20H24N4O3S. The zero-order valence-electron chi connectivity index (χ0n) is 16.2. The number of hydrogen-bond acceptors (Lipinski definition) is 7. The Hall–Kier alpha value is -2.87. The van der Waals surface area contributed by atoms with Crippen LogP contribution in [0.15, 0.2) is 47.6 Å². The third kappa shape index (κ3) is 4.69. The van der Waals surface area contributed by atoms with E-state index in [4.69, 9.17) is 20.1 Å². The molecule has 0 unspecified atom stereocenters. The lowest BCUT2D eigenvalue weighted by Gasteiger charge is -2.10. The number of thioether (sulfide) groups is 1. The van der Waals surface area contributed by atoms with Crippen molar-refractivity contribution in [1.82, 2.24) is 14.9 Å². The van der Waals surface area contributed by atoms with Gasteiger partial charge in [0.05, 0.1) is 26.4 Å². The molecular weight excluding hydrogens is 376 g/mol. The van der Waals surface area contributed by atoms with E-state index in [1.165, 1.54) is 10.2 Å². The predicted molar refractivity (Wildman–Crippen MR) is 111 cm³/mol. The highest BCUT2D eigenvalue weighted by Gasteiger charge is 2.16. The van der Waals surface area contributed by atoms with Crippen molar-refractivity contribution in [2.24, 2.45) is 0 Å². The van der Waals surface area contributed by atoms with Gasteiger partial charge >= 0.3 is 0 Å². The van der Waals surface area contributed by atoms with Gasteiger partial charge in [-0.1, -0.05) is 23.9 Å². The topological polar surface area (TPSA) is 84.4 Å². The van der Waals surface area contributed by atoms with Crippen molar-refractivity contribution in [3.8, 4) is 28.6 Å². The molecule has 148 valence electrons. The standard InChI is InChI=1S/C20H24N4O3S/c1-14-6-4-7-16(12-14)27-10-5-11-28-20-23-22-19(24(20)21)17-9-8-15(25-2)13-18(17)26-3/h4,6-9,12-13H,5,10-11,21H2,1-3H3. The highest BCUT2D eigenvalue weighted by molar-refractivity contribution is 7.99. The predicted octanol–water partition coefficient (Wildman–Crippen LogP) is 3.55. The Balaban J connectivity index is 1.58. The van der Waals surface area contributed by atoms with E-state index in [0.717, 1.165) is 23.5 Å². The summed E-state index contributed by atoms with van der Waals surface area (Å²) in [5.74, 6) is 9.78. The number of aryl methyl sites for hydroxylation is 1. The van der Waals surface area contributed by atoms with Gasteiger partial charge in [-0.2, -0.15) is 0 Å². The summed E-state index contributed by atoms with van der Waals surface area (Å²) in [5.41, 5.74) is 1.94. The van der Waals surface area contributed by atoms with Crippen LogP contribution >= 0.6 is 11.8 Å². The largest absolute Gasteiger partial charge is 0.497 e. The minimum Gasteiger partial charge on any atom is -0.497 e. The maximum absolute atomic E-state index is 6.20. The molecule has 3 rings (SSSR count). The Morgan fingerprint density at radius 3 is 2.64 bits per heavy atom. The van der Waals surface area contributed by atoms with Crippen LogP contribution in [0.2, 0.25) is 0 Å². The second-order valence-electron chi connectivity index (χ2n) is 6.11. The number of rotatable bonds is 9. The maximum Gasteiger partial charge on any atom is 0.210 e. The summed E-state index contributed by atoms with van der Waals surface area (Å²) in [6.45, 7) is 2.68. The molecule has 2 aromatic carbocycles. The summed E-state index contributed by atoms with van der Waals surface area (Å²) in [4.78, 5) is 0. The quantitative estimate of drug-likeness (QED) is 0.334. The fourth-order valence-electron chi connectivity index (χ4n) is 2.66. The van der Waals surface area contributed by atoms with Gasteiger partial charge in [0.2, 0.25) is 5.16 Å². The highest BCUT2D eigenvalue weighted by Crippen LogP contribution is 2.33. The number of methoxy groups -OCH3 is 2. The summed E-state index contributed by atoms with van der Waals surface area (Å²) < 4.78 is 17.9. The van der Waals surface area contributed by atoms with Crippen molar-refractivity contribution in [2.45, 2.75) is 18.5 Å². The molecule has 1 aromatic heterocycles. The number of ether oxygens (including phenoxy) is 3. The molecule has 0 aliphatic carbocycles. The van der Waals surface area contributed by atoms with Gasteiger partial charge in [-0.15, -0.1) is 10.2 Å². The fraction of sp³-hybridized carbons (Fsp3) is 0.300. The Kier molecular flexibility index (Phi) is 6.65. The van der Waals surface area contributed by atoms with Crippen LogP contribution in [0.25, 0.3) is 11.4 Å². The lowest BCUT2D eigenvalue weighted by Crippen LogP contribution is -2.12. The average molecular weight is 401 g/mol. The van der Waals surface area contributed by atoms with Crippen LogP contribution in [0.3, 0.4) is 0 Å². The summed E-state index contributed by atoms with van der Waals surface area (Å²) in [5, 5.41) is 9.06. The Bertz CT molecular complexity index is 930. The molecule has 2 N–H and O–H groups in total. The lowest BCUT2D eigenvalue weighted by molar-refractivity contribution is 0.318. The smallest absolute Gasteiger partial charge is 0.210 e. The minimum absolute atomic E-state index is 0.540. The van der Waals surface area contributed by atoms with Gasteiger partial charge < -0.3 is 20.1 Å². The lowest BCUT2D eigenvalue weighted by atomic mass is 10.2. The molecule has 0 saturated heterocycles. The first kappa shape index (κ1) is 19.9. The number of nitrogen functional groups attached to an aromatic ring is 1. The van der Waals surface area contributed by atoms with Gasteiger partial charge in [0.1, 0.15) is 17.2 Å². The third-order valence-electron chi connectivity index (χ3n) is 4.09. The van der Waals surface area contributed by atoms with Crippen LogP contribution in [-0.4, -0.2) is 41.5 Å². The van der Waals surface area contributed by atoms with E-state index >= 15 is 0 Å². The number of nitrogens with zero attached hydrogens (tertiary/aromatic N) is 3. The van der Waals surface area contributed by atoms with E-state index in [9.17, 15) is 0 Å². The van der Waals surface area contributed by atoms with E-state index in [2.05, 4.69) is 10.2 Å². The second-order valence-corrected chi connectivity index (χ2v) is 7.17. The molecule has 28 heavy (non-hydrogen) atoms. The molecule has 0 aliphatic rings. The molecule has 3 aromatic rings. The molecule has 0 bridgehead atoms. The minimum atomic E-state index is 0.540. The summed E-state index contributed by atoms with van der Waals surface area (Å²) >= 11 is 1.54. The van der Waals surface area contributed by atoms with Crippen molar-refractivity contribution in [3.05, 3.63) is 48.0 Å². The zero-order chi connectivity index (χ0) is 19.9. The summed E-state index contributed by atoms with van der Waals surface area (Å²) in [7, 11) is 3.21. The van der Waals surface area contributed by atoms with Gasteiger partial charge in [-0.05, 0) is 43.2 Å². The SMILES string of the molecule is COc1ccc(-c2nnc(SCCCOc3cccc(C)c3)n2N)c(OC)c1. The van der Waals surface area contributed by atoms with Gasteiger partial charge in [0.15, 0.2) is 5.82 Å². The Morgan fingerprint density at radius 1 is 1.04 bits per heavy atom. The van der Waals surface area contributed by atoms with Crippen LogP contribution in [0.1, 0.15) is 12.0 Å². The van der Waals surface area contributed by atoms with Crippen LogP contribution in [0.5, 0.6) is 17.2 Å². The van der Waals surface area contributed by atoms with Gasteiger partial charge in [-0.3, -0.25) is 0 Å². The molecule has 0 amide bonds. The maximum atomic E-state index is 6.20. The first-order valence-corrected chi connectivity index (χ1v) is 9.86. The molecule has 0 fully saturated rings. The number of nitrogens with two attached hydrogens (primary N) is 1. The second kappa shape index (κ2) is 9.36. The highest BCUT2D eigenvalue weighted by atomic mass is 32.2. The van der Waals surface area contributed by atoms with Crippen LogP contribution in [0.4, 0.5) is 0 Å². The fourth-order valence-corrected chi connectivity index (χ4v) is 3.43. The van der Waals surface area contributed by atoms with Gasteiger partial charge in [0, 0.05) is 11.8 Å². The zero-order valence-corrected chi connectivity index (χ0v) is 17.0. The molecule has 0 radical (unpaired) electrons. The molecule has 1 heterocycles. The van der Waals surface area contributed by atoms with E-state index in [1.807, 2.05) is 43.3 Å². The molecule has 0 saturated carbocycles. The van der Waals surface area contributed by atoms with Crippen molar-refractivity contribution < 1.29 is 14.2 Å². The third-order valence-corrected chi connectivity index (χ3v) is 5.12. The monoisotopic (exact) mass is 400 g/mol. The number of benzene rings is 2.